The molecule has 0 aromatic heterocycles. The number of anilines is 1. The number of nitrogens with one attached hydrogen (secondary N) is 2. The molecular formula is C19H26N4O3. The fourth-order valence-corrected chi connectivity index (χ4v) is 3.43. The molecule has 0 aliphatic carbocycles. The van der Waals surface area contributed by atoms with E-state index in [1.54, 1.807) is 13.8 Å². The fourth-order valence-electron chi connectivity index (χ4n) is 3.43. The summed E-state index contributed by atoms with van der Waals surface area (Å²) in [6.07, 6.45) is 3.68. The van der Waals surface area contributed by atoms with Crippen LogP contribution in [-0.4, -0.2) is 52.8 Å². The number of para-hydroxylation sites is 1. The topological polar surface area (TPSA) is 81.8 Å². The zero-order chi connectivity index (χ0) is 18.7. The van der Waals surface area contributed by atoms with Crippen LogP contribution in [0.5, 0.6) is 0 Å². The maximum absolute atomic E-state index is 12.4. The molecular weight excluding hydrogens is 332 g/mol. The molecule has 140 valence electrons. The molecule has 0 bridgehead atoms. The minimum atomic E-state index is -0.969. The van der Waals surface area contributed by atoms with Crippen LogP contribution in [0, 0.1) is 0 Å². The monoisotopic (exact) mass is 358 g/mol. The van der Waals surface area contributed by atoms with Gasteiger partial charge >= 0.3 is 6.03 Å². The fraction of sp³-hybridized carbons (Fsp3) is 0.526. The van der Waals surface area contributed by atoms with Gasteiger partial charge in [-0.3, -0.25) is 19.4 Å². The van der Waals surface area contributed by atoms with Gasteiger partial charge in [0.05, 0.1) is 0 Å². The van der Waals surface area contributed by atoms with Crippen molar-refractivity contribution in [3.8, 4) is 0 Å². The van der Waals surface area contributed by atoms with Crippen molar-refractivity contribution in [2.45, 2.75) is 45.2 Å². The molecule has 4 amide bonds. The molecule has 26 heavy (non-hydrogen) atoms. The van der Waals surface area contributed by atoms with E-state index in [2.05, 4.69) is 15.5 Å². The smallest absolute Gasteiger partial charge is 0.324 e. The van der Waals surface area contributed by atoms with Crippen molar-refractivity contribution in [3.05, 3.63) is 29.8 Å². The molecule has 2 N–H and O–H groups in total. The van der Waals surface area contributed by atoms with E-state index in [0.29, 0.717) is 0 Å². The lowest BCUT2D eigenvalue weighted by atomic mass is 10.1. The number of nitrogens with zero attached hydrogens (tertiary/aromatic N) is 2. The van der Waals surface area contributed by atoms with Crippen LogP contribution in [0.15, 0.2) is 24.3 Å². The maximum atomic E-state index is 12.4. The zero-order valence-electron chi connectivity index (χ0n) is 15.4. The highest BCUT2D eigenvalue weighted by Crippen LogP contribution is 2.21. The van der Waals surface area contributed by atoms with Gasteiger partial charge in [0.15, 0.2) is 0 Å². The minimum absolute atomic E-state index is 0.286. The summed E-state index contributed by atoms with van der Waals surface area (Å²) < 4.78 is 0. The van der Waals surface area contributed by atoms with Crippen molar-refractivity contribution in [2.24, 2.45) is 0 Å². The highest BCUT2D eigenvalue weighted by molar-refractivity contribution is 6.09. The number of amides is 4. The van der Waals surface area contributed by atoms with E-state index < -0.39 is 11.6 Å². The summed E-state index contributed by atoms with van der Waals surface area (Å²) in [6, 6.07) is 7.14. The van der Waals surface area contributed by atoms with Crippen LogP contribution >= 0.6 is 0 Å². The minimum Gasteiger partial charge on any atom is -0.324 e. The molecule has 0 atom stereocenters. The number of imide groups is 1. The number of hydrogen-bond acceptors (Lipinski definition) is 4. The maximum Gasteiger partial charge on any atom is 0.325 e. The number of piperidine rings is 1. The molecule has 2 saturated heterocycles. The summed E-state index contributed by atoms with van der Waals surface area (Å²) in [5.41, 5.74) is 0.804. The summed E-state index contributed by atoms with van der Waals surface area (Å²) >= 11 is 0. The highest BCUT2D eigenvalue weighted by Gasteiger charge is 2.44. The summed E-state index contributed by atoms with van der Waals surface area (Å²) in [5.74, 6) is -0.767. The predicted octanol–water partition coefficient (Wildman–Crippen LogP) is 1.94. The van der Waals surface area contributed by atoms with Crippen molar-refractivity contribution in [1.82, 2.24) is 15.1 Å². The Balaban J connectivity index is 1.64. The van der Waals surface area contributed by atoms with Crippen molar-refractivity contribution in [2.75, 3.05) is 25.0 Å². The Hall–Kier alpha value is -2.41. The second-order valence-corrected chi connectivity index (χ2v) is 7.49. The molecule has 2 aliphatic heterocycles. The number of carbonyl (C=O) groups excluding carboxylic acids is 3. The van der Waals surface area contributed by atoms with Gasteiger partial charge < -0.3 is 10.6 Å². The van der Waals surface area contributed by atoms with E-state index in [1.165, 1.54) is 19.3 Å². The Morgan fingerprint density at radius 1 is 1.15 bits per heavy atom. The third kappa shape index (κ3) is 4.04. The number of benzene rings is 1. The Morgan fingerprint density at radius 3 is 2.50 bits per heavy atom. The van der Waals surface area contributed by atoms with Gasteiger partial charge in [-0.2, -0.15) is 0 Å². The molecule has 3 rings (SSSR count). The molecule has 7 heteroatoms. The van der Waals surface area contributed by atoms with Crippen molar-refractivity contribution < 1.29 is 14.4 Å². The second kappa shape index (κ2) is 7.45. The van der Waals surface area contributed by atoms with E-state index in [4.69, 9.17) is 0 Å². The summed E-state index contributed by atoms with van der Waals surface area (Å²) in [5, 5.41) is 5.43. The average molecular weight is 358 g/mol. The van der Waals surface area contributed by atoms with Crippen LogP contribution in [0.3, 0.4) is 0 Å². The van der Waals surface area contributed by atoms with Crippen molar-refractivity contribution in [1.29, 1.82) is 0 Å². The number of likely N-dealkylation sites (tertiary alicyclic amines) is 1. The molecule has 7 nitrogen and oxygen atoms in total. The lowest BCUT2D eigenvalue weighted by molar-refractivity contribution is -0.132. The third-order valence-corrected chi connectivity index (χ3v) is 4.88. The Bertz CT molecular complexity index is 710. The van der Waals surface area contributed by atoms with E-state index in [1.807, 2.05) is 24.3 Å². The van der Waals surface area contributed by atoms with Crippen LogP contribution in [0.25, 0.3) is 0 Å². The van der Waals surface area contributed by atoms with Crippen LogP contribution in [0.4, 0.5) is 10.5 Å². The van der Waals surface area contributed by atoms with Gasteiger partial charge in [0.2, 0.25) is 5.91 Å². The average Bonchev–Trinajstić information content (AvgIpc) is 2.79. The third-order valence-electron chi connectivity index (χ3n) is 4.88. The first-order chi connectivity index (χ1) is 12.4. The molecule has 0 unspecified atom stereocenters. The Morgan fingerprint density at radius 2 is 1.85 bits per heavy atom. The van der Waals surface area contributed by atoms with Crippen LogP contribution in [-0.2, 0) is 16.1 Å². The van der Waals surface area contributed by atoms with Crippen molar-refractivity contribution in [3.63, 3.8) is 0 Å². The summed E-state index contributed by atoms with van der Waals surface area (Å²) in [7, 11) is 0. The molecule has 0 radical (unpaired) electrons. The van der Waals surface area contributed by atoms with Gasteiger partial charge in [0.25, 0.3) is 5.91 Å². The number of urea groups is 1. The van der Waals surface area contributed by atoms with Crippen LogP contribution in [0.1, 0.15) is 38.7 Å². The molecule has 2 fully saturated rings. The zero-order valence-corrected chi connectivity index (χ0v) is 15.4. The van der Waals surface area contributed by atoms with E-state index >= 15 is 0 Å². The Labute approximate surface area is 153 Å². The SMILES string of the molecule is CC1(C)NC(=O)N(CC(=O)Nc2ccccc2CN2CCCCC2)C1=O. The standard InChI is InChI=1S/C19H26N4O3/c1-19(2)17(25)23(18(26)21-19)13-16(24)20-15-9-5-4-8-14(15)12-22-10-6-3-7-11-22/h4-5,8-9H,3,6-7,10-13H2,1-2H3,(H,20,24)(H,21,26). The highest BCUT2D eigenvalue weighted by atomic mass is 16.2. The molecule has 0 spiro atoms. The molecule has 0 saturated carbocycles. The first kappa shape index (κ1) is 18.4. The quantitative estimate of drug-likeness (QED) is 0.788. The first-order valence-electron chi connectivity index (χ1n) is 9.11. The molecule has 1 aromatic carbocycles. The lowest BCUT2D eigenvalue weighted by Gasteiger charge is -2.27. The lowest BCUT2D eigenvalue weighted by Crippen LogP contribution is -2.41. The van der Waals surface area contributed by atoms with Crippen molar-refractivity contribution >= 4 is 23.5 Å². The summed E-state index contributed by atoms with van der Waals surface area (Å²) in [4.78, 5) is 39.9. The van der Waals surface area contributed by atoms with E-state index in [0.717, 1.165) is 35.8 Å². The predicted molar refractivity (Wildman–Crippen MR) is 98.5 cm³/mol. The van der Waals surface area contributed by atoms with E-state index in [9.17, 15) is 14.4 Å². The van der Waals surface area contributed by atoms with E-state index in [-0.39, 0.29) is 18.4 Å². The van der Waals surface area contributed by atoms with Crippen LogP contribution < -0.4 is 10.6 Å². The van der Waals surface area contributed by atoms with Gasteiger partial charge in [0, 0.05) is 12.2 Å². The number of rotatable bonds is 5. The van der Waals surface area contributed by atoms with Gasteiger partial charge in [0.1, 0.15) is 12.1 Å². The van der Waals surface area contributed by atoms with Gasteiger partial charge in [-0.1, -0.05) is 24.6 Å². The number of carbonyl (C=O) groups is 3. The number of hydrogen-bond donors (Lipinski definition) is 2. The molecule has 1 aromatic rings. The van der Waals surface area contributed by atoms with Gasteiger partial charge in [-0.15, -0.1) is 0 Å². The summed E-state index contributed by atoms with van der Waals surface area (Å²) in [6.45, 7) is 5.89. The van der Waals surface area contributed by atoms with Gasteiger partial charge in [-0.05, 0) is 51.4 Å². The second-order valence-electron chi connectivity index (χ2n) is 7.49. The first-order valence-corrected chi connectivity index (χ1v) is 9.11. The Kier molecular flexibility index (Phi) is 5.27. The molecule has 2 aliphatic rings. The van der Waals surface area contributed by atoms with Gasteiger partial charge in [-0.25, -0.2) is 4.79 Å². The largest absolute Gasteiger partial charge is 0.325 e. The molecule has 2 heterocycles. The normalized spacial score (nSPS) is 20.2. The van der Waals surface area contributed by atoms with Crippen LogP contribution in [0.2, 0.25) is 0 Å².